The van der Waals surface area contributed by atoms with Crippen molar-refractivity contribution in [1.29, 1.82) is 0 Å². The van der Waals surface area contributed by atoms with Gasteiger partial charge in [0.15, 0.2) is 0 Å². The number of hydrogen-bond donors (Lipinski definition) is 2. The molecule has 3 rings (SSSR count). The lowest BCUT2D eigenvalue weighted by Crippen LogP contribution is -2.42. The van der Waals surface area contributed by atoms with Crippen molar-refractivity contribution in [2.75, 3.05) is 24.5 Å². The van der Waals surface area contributed by atoms with Crippen molar-refractivity contribution in [3.63, 3.8) is 0 Å². The van der Waals surface area contributed by atoms with Crippen LogP contribution in [0.25, 0.3) is 11.0 Å². The Bertz CT molecular complexity index is 842. The number of benzene rings is 1. The highest BCUT2D eigenvalue weighted by molar-refractivity contribution is 5.80. The van der Waals surface area contributed by atoms with Crippen LogP contribution in [0.2, 0.25) is 0 Å². The van der Waals surface area contributed by atoms with Crippen molar-refractivity contribution in [3.8, 4) is 0 Å². The summed E-state index contributed by atoms with van der Waals surface area (Å²) in [5.74, 6) is 0.987. The summed E-state index contributed by atoms with van der Waals surface area (Å²) >= 11 is 0. The van der Waals surface area contributed by atoms with Gasteiger partial charge in [0.1, 0.15) is 5.60 Å². The second-order valence-corrected chi connectivity index (χ2v) is 7.86. The van der Waals surface area contributed by atoms with Gasteiger partial charge in [-0.2, -0.15) is 0 Å². The molecular weight excluding hydrogens is 350 g/mol. The number of nitrogens with one attached hydrogen (secondary N) is 2. The van der Waals surface area contributed by atoms with Gasteiger partial charge in [-0.1, -0.05) is 0 Å². The Labute approximate surface area is 157 Å². The summed E-state index contributed by atoms with van der Waals surface area (Å²) in [4.78, 5) is 32.2. The number of nitro groups is 1. The number of carbonyl (C=O) groups excluding carboxylic acids is 1. The van der Waals surface area contributed by atoms with E-state index < -0.39 is 16.6 Å². The van der Waals surface area contributed by atoms with Gasteiger partial charge in [0.05, 0.1) is 16.0 Å². The van der Waals surface area contributed by atoms with E-state index >= 15 is 0 Å². The SMILES string of the molecule is CC(C)(C)OC(=O)NC[C@@H]1CCCN(c2nc3ccc([N+](=O)[O-])cc3[nH]2)C1. The van der Waals surface area contributed by atoms with Crippen LogP contribution in [-0.4, -0.2) is 46.2 Å². The quantitative estimate of drug-likeness (QED) is 0.626. The first kappa shape index (κ1) is 18.9. The molecule has 1 aliphatic rings. The Hall–Kier alpha value is -2.84. The van der Waals surface area contributed by atoms with Crippen LogP contribution in [-0.2, 0) is 4.74 Å². The second kappa shape index (κ2) is 7.42. The fourth-order valence-corrected chi connectivity index (χ4v) is 3.21. The minimum Gasteiger partial charge on any atom is -0.444 e. The molecular formula is C18H25N5O4. The van der Waals surface area contributed by atoms with Gasteiger partial charge in [0.2, 0.25) is 5.95 Å². The van der Waals surface area contributed by atoms with Crippen LogP contribution in [0.5, 0.6) is 0 Å². The van der Waals surface area contributed by atoms with Crippen molar-refractivity contribution in [2.45, 2.75) is 39.2 Å². The molecule has 1 atom stereocenters. The molecule has 0 aliphatic carbocycles. The van der Waals surface area contributed by atoms with Crippen LogP contribution in [0.3, 0.4) is 0 Å². The molecule has 0 saturated carbocycles. The largest absolute Gasteiger partial charge is 0.444 e. The van der Waals surface area contributed by atoms with E-state index in [0.717, 1.165) is 25.9 Å². The molecule has 0 radical (unpaired) electrons. The van der Waals surface area contributed by atoms with Gasteiger partial charge in [0.25, 0.3) is 5.69 Å². The number of ether oxygens (including phenoxy) is 1. The average Bonchev–Trinajstić information content (AvgIpc) is 3.02. The van der Waals surface area contributed by atoms with E-state index in [1.807, 2.05) is 20.8 Å². The molecule has 1 fully saturated rings. The summed E-state index contributed by atoms with van der Waals surface area (Å²) in [5.41, 5.74) is 0.869. The zero-order valence-electron chi connectivity index (χ0n) is 15.8. The number of aromatic nitrogens is 2. The van der Waals surface area contributed by atoms with Gasteiger partial charge < -0.3 is 19.9 Å². The molecule has 27 heavy (non-hydrogen) atoms. The van der Waals surface area contributed by atoms with Crippen molar-refractivity contribution in [3.05, 3.63) is 28.3 Å². The highest BCUT2D eigenvalue weighted by atomic mass is 16.6. The van der Waals surface area contributed by atoms with E-state index in [2.05, 4.69) is 20.2 Å². The molecule has 1 saturated heterocycles. The maximum absolute atomic E-state index is 11.8. The van der Waals surface area contributed by atoms with Gasteiger partial charge in [-0.05, 0) is 45.6 Å². The molecule has 2 heterocycles. The van der Waals surface area contributed by atoms with Gasteiger partial charge in [-0.15, -0.1) is 0 Å². The first-order chi connectivity index (χ1) is 12.7. The third kappa shape index (κ3) is 4.87. The molecule has 146 valence electrons. The fraction of sp³-hybridized carbons (Fsp3) is 0.556. The molecule has 2 aromatic rings. The number of H-pyrrole nitrogens is 1. The number of non-ortho nitro benzene ring substituents is 1. The predicted octanol–water partition coefficient (Wildman–Crippen LogP) is 3.21. The number of aromatic amines is 1. The lowest BCUT2D eigenvalue weighted by Gasteiger charge is -2.32. The Balaban J connectivity index is 1.63. The third-order valence-electron chi connectivity index (χ3n) is 4.42. The molecule has 1 aromatic carbocycles. The molecule has 0 unspecified atom stereocenters. The maximum Gasteiger partial charge on any atom is 0.407 e. The molecule has 1 amide bonds. The number of anilines is 1. The normalized spacial score (nSPS) is 17.7. The van der Waals surface area contributed by atoms with E-state index in [9.17, 15) is 14.9 Å². The molecule has 0 spiro atoms. The number of nitrogens with zero attached hydrogens (tertiary/aromatic N) is 3. The lowest BCUT2D eigenvalue weighted by atomic mass is 9.98. The first-order valence-electron chi connectivity index (χ1n) is 9.07. The molecule has 0 bridgehead atoms. The van der Waals surface area contributed by atoms with Crippen LogP contribution in [0.15, 0.2) is 18.2 Å². The number of fused-ring (bicyclic) bond motifs is 1. The number of alkyl carbamates (subject to hydrolysis) is 1. The Kier molecular flexibility index (Phi) is 5.20. The van der Waals surface area contributed by atoms with Gasteiger partial charge in [0, 0.05) is 31.8 Å². The highest BCUT2D eigenvalue weighted by Crippen LogP contribution is 2.25. The molecule has 9 nitrogen and oxygen atoms in total. The third-order valence-corrected chi connectivity index (χ3v) is 4.42. The number of rotatable bonds is 4. The predicted molar refractivity (Wildman–Crippen MR) is 102 cm³/mol. The van der Waals surface area contributed by atoms with Crippen molar-refractivity contribution in [2.24, 2.45) is 5.92 Å². The number of hydrogen-bond acceptors (Lipinski definition) is 6. The van der Waals surface area contributed by atoms with E-state index in [0.29, 0.717) is 23.5 Å². The van der Waals surface area contributed by atoms with Crippen molar-refractivity contribution >= 4 is 28.8 Å². The van der Waals surface area contributed by atoms with E-state index in [4.69, 9.17) is 4.74 Å². The Morgan fingerprint density at radius 1 is 1.48 bits per heavy atom. The lowest BCUT2D eigenvalue weighted by molar-refractivity contribution is -0.384. The minimum absolute atomic E-state index is 0.0378. The summed E-state index contributed by atoms with van der Waals surface area (Å²) in [6.45, 7) is 7.64. The van der Waals surface area contributed by atoms with Crippen LogP contribution in [0, 0.1) is 16.0 Å². The number of piperidine rings is 1. The molecule has 1 aliphatic heterocycles. The second-order valence-electron chi connectivity index (χ2n) is 7.86. The van der Waals surface area contributed by atoms with E-state index in [1.54, 1.807) is 6.07 Å². The van der Waals surface area contributed by atoms with Crippen molar-refractivity contribution in [1.82, 2.24) is 15.3 Å². The topological polar surface area (TPSA) is 113 Å². The summed E-state index contributed by atoms with van der Waals surface area (Å²) in [5, 5.41) is 13.8. The molecule has 2 N–H and O–H groups in total. The Morgan fingerprint density at radius 3 is 2.96 bits per heavy atom. The summed E-state index contributed by atoms with van der Waals surface area (Å²) in [7, 11) is 0. The van der Waals surface area contributed by atoms with Crippen LogP contribution < -0.4 is 10.2 Å². The van der Waals surface area contributed by atoms with E-state index in [1.165, 1.54) is 12.1 Å². The molecule has 1 aromatic heterocycles. The minimum atomic E-state index is -0.514. The first-order valence-corrected chi connectivity index (χ1v) is 9.07. The maximum atomic E-state index is 11.8. The zero-order chi connectivity index (χ0) is 19.6. The zero-order valence-corrected chi connectivity index (χ0v) is 15.8. The van der Waals surface area contributed by atoms with Crippen LogP contribution in [0.1, 0.15) is 33.6 Å². The van der Waals surface area contributed by atoms with Crippen molar-refractivity contribution < 1.29 is 14.5 Å². The van der Waals surface area contributed by atoms with Gasteiger partial charge in [-0.3, -0.25) is 10.1 Å². The summed E-state index contributed by atoms with van der Waals surface area (Å²) < 4.78 is 5.27. The monoisotopic (exact) mass is 375 g/mol. The van der Waals surface area contributed by atoms with Crippen LogP contribution >= 0.6 is 0 Å². The number of imidazole rings is 1. The van der Waals surface area contributed by atoms with E-state index in [-0.39, 0.29) is 11.6 Å². The smallest absolute Gasteiger partial charge is 0.407 e. The number of amides is 1. The standard InChI is InChI=1S/C18H25N5O4/c1-18(2,3)27-17(24)19-10-12-5-4-8-22(11-12)16-20-14-7-6-13(23(25)26)9-15(14)21-16/h6-7,9,12H,4-5,8,10-11H2,1-3H3,(H,19,24)(H,20,21)/t12-/m0/s1. The number of nitro benzene ring substituents is 1. The summed E-state index contributed by atoms with van der Waals surface area (Å²) in [6, 6.07) is 4.60. The average molecular weight is 375 g/mol. The Morgan fingerprint density at radius 2 is 2.26 bits per heavy atom. The molecule has 9 heteroatoms. The van der Waals surface area contributed by atoms with Gasteiger partial charge >= 0.3 is 6.09 Å². The van der Waals surface area contributed by atoms with Gasteiger partial charge in [-0.25, -0.2) is 9.78 Å². The number of carbonyl (C=O) groups is 1. The fourth-order valence-electron chi connectivity index (χ4n) is 3.21. The summed E-state index contributed by atoms with van der Waals surface area (Å²) in [6.07, 6.45) is 1.59. The van der Waals surface area contributed by atoms with Crippen LogP contribution in [0.4, 0.5) is 16.4 Å². The highest BCUT2D eigenvalue weighted by Gasteiger charge is 2.24.